The Kier molecular flexibility index (Phi) is 17.5. The summed E-state index contributed by atoms with van der Waals surface area (Å²) in [6.45, 7) is 5.20. The zero-order chi connectivity index (χ0) is 21.7. The Morgan fingerprint density at radius 3 is 1.53 bits per heavy atom. The molecule has 0 saturated heterocycles. The van der Waals surface area contributed by atoms with Crippen LogP contribution in [0.4, 0.5) is 0 Å². The lowest BCUT2D eigenvalue weighted by Crippen LogP contribution is -2.29. The molecule has 1 amide bonds. The SMILES string of the molecule is CCCCCCCCCCCCCCCCCCNC(=O)C(CC)c1ccccc1. The molecule has 0 aliphatic heterocycles. The van der Waals surface area contributed by atoms with E-state index >= 15 is 0 Å². The van der Waals surface area contributed by atoms with Gasteiger partial charge in [0, 0.05) is 6.54 Å². The molecule has 0 saturated carbocycles. The fourth-order valence-electron chi connectivity index (χ4n) is 4.27. The Balaban J connectivity index is 1.86. The summed E-state index contributed by atoms with van der Waals surface area (Å²) < 4.78 is 0. The van der Waals surface area contributed by atoms with Gasteiger partial charge in [0.15, 0.2) is 0 Å². The van der Waals surface area contributed by atoms with Gasteiger partial charge >= 0.3 is 0 Å². The van der Waals surface area contributed by atoms with Crippen LogP contribution < -0.4 is 5.32 Å². The van der Waals surface area contributed by atoms with E-state index in [9.17, 15) is 4.79 Å². The first-order valence-electron chi connectivity index (χ1n) is 13.1. The van der Waals surface area contributed by atoms with E-state index in [1.807, 2.05) is 18.2 Å². The Hall–Kier alpha value is -1.31. The van der Waals surface area contributed by atoms with Crippen LogP contribution in [0.25, 0.3) is 0 Å². The lowest BCUT2D eigenvalue weighted by Gasteiger charge is -2.15. The molecule has 0 radical (unpaired) electrons. The highest BCUT2D eigenvalue weighted by molar-refractivity contribution is 5.83. The number of carbonyl (C=O) groups is 1. The summed E-state index contributed by atoms with van der Waals surface area (Å²) >= 11 is 0. The number of amides is 1. The molecule has 1 N–H and O–H groups in total. The standard InChI is InChI=1S/C28H49NO/c1-3-5-6-7-8-9-10-11-12-13-14-15-16-17-18-22-25-29-28(30)27(4-2)26-23-20-19-21-24-26/h19-21,23-24,27H,3-18,22,25H2,1-2H3,(H,29,30). The number of benzene rings is 1. The molecule has 2 heteroatoms. The minimum absolute atomic E-state index is 0.00717. The fourth-order valence-corrected chi connectivity index (χ4v) is 4.27. The monoisotopic (exact) mass is 415 g/mol. The summed E-state index contributed by atoms with van der Waals surface area (Å²) in [5, 5.41) is 3.14. The van der Waals surface area contributed by atoms with Crippen molar-refractivity contribution in [3.63, 3.8) is 0 Å². The van der Waals surface area contributed by atoms with Gasteiger partial charge < -0.3 is 5.32 Å². The second-order valence-corrected chi connectivity index (χ2v) is 8.97. The van der Waals surface area contributed by atoms with Gasteiger partial charge in [0.2, 0.25) is 5.91 Å². The highest BCUT2D eigenvalue weighted by Crippen LogP contribution is 2.19. The summed E-state index contributed by atoms with van der Waals surface area (Å²) in [6, 6.07) is 10.1. The van der Waals surface area contributed by atoms with Crippen LogP contribution in [0.5, 0.6) is 0 Å². The first kappa shape index (κ1) is 26.7. The Morgan fingerprint density at radius 1 is 0.667 bits per heavy atom. The van der Waals surface area contributed by atoms with Crippen LogP contribution in [-0.2, 0) is 4.79 Å². The van der Waals surface area contributed by atoms with Gasteiger partial charge in [-0.05, 0) is 18.4 Å². The highest BCUT2D eigenvalue weighted by Gasteiger charge is 2.17. The molecule has 1 aromatic carbocycles. The highest BCUT2D eigenvalue weighted by atomic mass is 16.1. The molecule has 2 nitrogen and oxygen atoms in total. The lowest BCUT2D eigenvalue weighted by molar-refractivity contribution is -0.122. The van der Waals surface area contributed by atoms with E-state index in [0.717, 1.165) is 24.9 Å². The number of nitrogens with one attached hydrogen (secondary N) is 1. The summed E-state index contributed by atoms with van der Waals surface area (Å²) in [5.74, 6) is 0.178. The quantitative estimate of drug-likeness (QED) is 0.212. The van der Waals surface area contributed by atoms with Gasteiger partial charge in [-0.15, -0.1) is 0 Å². The molecule has 30 heavy (non-hydrogen) atoms. The molecule has 0 aliphatic rings. The van der Waals surface area contributed by atoms with Crippen molar-refractivity contribution >= 4 is 5.91 Å². The third-order valence-corrected chi connectivity index (χ3v) is 6.26. The molecule has 1 aromatic rings. The summed E-state index contributed by atoms with van der Waals surface area (Å²) in [6.07, 6.45) is 22.9. The van der Waals surface area contributed by atoms with E-state index in [4.69, 9.17) is 0 Å². The zero-order valence-electron chi connectivity index (χ0n) is 20.1. The molecular formula is C28H49NO. The fraction of sp³-hybridized carbons (Fsp3) is 0.750. The number of hydrogen-bond acceptors (Lipinski definition) is 1. The molecule has 1 rings (SSSR count). The van der Waals surface area contributed by atoms with Gasteiger partial charge in [-0.1, -0.05) is 140 Å². The van der Waals surface area contributed by atoms with Gasteiger partial charge in [-0.2, -0.15) is 0 Å². The smallest absolute Gasteiger partial charge is 0.227 e. The molecular weight excluding hydrogens is 366 g/mol. The van der Waals surface area contributed by atoms with Crippen LogP contribution in [0, 0.1) is 0 Å². The van der Waals surface area contributed by atoms with Gasteiger partial charge in [-0.25, -0.2) is 0 Å². The Morgan fingerprint density at radius 2 is 1.10 bits per heavy atom. The maximum absolute atomic E-state index is 12.4. The molecule has 0 aromatic heterocycles. The van der Waals surface area contributed by atoms with Crippen molar-refractivity contribution in [2.45, 2.75) is 129 Å². The molecule has 172 valence electrons. The average Bonchev–Trinajstić information content (AvgIpc) is 2.77. The molecule has 0 spiro atoms. The minimum atomic E-state index is -0.00717. The largest absolute Gasteiger partial charge is 0.356 e. The lowest BCUT2D eigenvalue weighted by atomic mass is 9.95. The van der Waals surface area contributed by atoms with E-state index in [1.54, 1.807) is 0 Å². The van der Waals surface area contributed by atoms with Crippen molar-refractivity contribution < 1.29 is 4.79 Å². The molecule has 1 atom stereocenters. The van der Waals surface area contributed by atoms with Gasteiger partial charge in [0.25, 0.3) is 0 Å². The van der Waals surface area contributed by atoms with Crippen molar-refractivity contribution in [2.75, 3.05) is 6.54 Å². The normalized spacial score (nSPS) is 12.1. The Labute approximate surface area is 187 Å². The van der Waals surface area contributed by atoms with Crippen LogP contribution in [-0.4, -0.2) is 12.5 Å². The summed E-state index contributed by atoms with van der Waals surface area (Å²) in [7, 11) is 0. The number of carbonyl (C=O) groups excluding carboxylic acids is 1. The van der Waals surface area contributed by atoms with E-state index < -0.39 is 0 Å². The third-order valence-electron chi connectivity index (χ3n) is 6.26. The average molecular weight is 416 g/mol. The maximum atomic E-state index is 12.4. The Bertz CT molecular complexity index is 499. The van der Waals surface area contributed by atoms with Crippen molar-refractivity contribution in [1.29, 1.82) is 0 Å². The summed E-state index contributed by atoms with van der Waals surface area (Å²) in [4.78, 5) is 12.4. The van der Waals surface area contributed by atoms with Crippen molar-refractivity contribution in [1.82, 2.24) is 5.32 Å². The zero-order valence-corrected chi connectivity index (χ0v) is 20.1. The number of unbranched alkanes of at least 4 members (excludes halogenated alkanes) is 15. The van der Waals surface area contributed by atoms with E-state index in [2.05, 4.69) is 31.3 Å². The molecule has 0 aliphatic carbocycles. The van der Waals surface area contributed by atoms with Gasteiger partial charge in [0.1, 0.15) is 0 Å². The van der Waals surface area contributed by atoms with Gasteiger partial charge in [0.05, 0.1) is 5.92 Å². The van der Waals surface area contributed by atoms with Crippen molar-refractivity contribution in [3.05, 3.63) is 35.9 Å². The number of hydrogen-bond donors (Lipinski definition) is 1. The van der Waals surface area contributed by atoms with E-state index in [-0.39, 0.29) is 11.8 Å². The first-order chi connectivity index (χ1) is 14.8. The van der Waals surface area contributed by atoms with Crippen molar-refractivity contribution in [3.8, 4) is 0 Å². The van der Waals surface area contributed by atoms with Gasteiger partial charge in [-0.3, -0.25) is 4.79 Å². The van der Waals surface area contributed by atoms with Crippen LogP contribution >= 0.6 is 0 Å². The molecule has 1 unspecified atom stereocenters. The van der Waals surface area contributed by atoms with Crippen LogP contribution in [0.3, 0.4) is 0 Å². The predicted octanol–water partition coefficient (Wildman–Crippen LogP) is 8.56. The van der Waals surface area contributed by atoms with E-state index in [0.29, 0.717) is 0 Å². The second-order valence-electron chi connectivity index (χ2n) is 8.97. The molecule has 0 heterocycles. The second kappa shape index (κ2) is 19.6. The van der Waals surface area contributed by atoms with E-state index in [1.165, 1.54) is 96.3 Å². The van der Waals surface area contributed by atoms with Crippen molar-refractivity contribution in [2.24, 2.45) is 0 Å². The predicted molar refractivity (Wildman–Crippen MR) is 132 cm³/mol. The third kappa shape index (κ3) is 13.8. The maximum Gasteiger partial charge on any atom is 0.227 e. The first-order valence-corrected chi connectivity index (χ1v) is 13.1. The van der Waals surface area contributed by atoms with Crippen LogP contribution in [0.2, 0.25) is 0 Å². The minimum Gasteiger partial charge on any atom is -0.356 e. The topological polar surface area (TPSA) is 29.1 Å². The molecule has 0 fully saturated rings. The van der Waals surface area contributed by atoms with Crippen LogP contribution in [0.1, 0.15) is 134 Å². The molecule has 0 bridgehead atoms. The van der Waals surface area contributed by atoms with Crippen LogP contribution in [0.15, 0.2) is 30.3 Å². The number of rotatable bonds is 20. The summed E-state index contributed by atoms with van der Waals surface area (Å²) in [5.41, 5.74) is 1.13.